The first-order valence-electron chi connectivity index (χ1n) is 6.64. The minimum atomic E-state index is -0.680. The fraction of sp³-hybridized carbons (Fsp3) is 0.133. The van der Waals surface area contributed by atoms with Crippen molar-refractivity contribution in [2.24, 2.45) is 5.73 Å². The molecular formula is C15H12Cl2N4O2. The van der Waals surface area contributed by atoms with Crippen molar-refractivity contribution in [1.82, 2.24) is 14.8 Å². The molecule has 0 aliphatic carbocycles. The highest BCUT2D eigenvalue weighted by Crippen LogP contribution is 2.30. The van der Waals surface area contributed by atoms with Crippen molar-refractivity contribution in [3.05, 3.63) is 51.9 Å². The summed E-state index contributed by atoms with van der Waals surface area (Å²) in [6.45, 7) is 0.421. The number of rotatable bonds is 4. The quantitative estimate of drug-likeness (QED) is 0.733. The normalized spacial score (nSPS) is 10.9. The van der Waals surface area contributed by atoms with E-state index in [0.717, 1.165) is 11.3 Å². The van der Waals surface area contributed by atoms with Crippen LogP contribution < -0.4 is 10.5 Å². The molecule has 0 aliphatic rings. The van der Waals surface area contributed by atoms with Crippen LogP contribution in [0.25, 0.3) is 10.9 Å². The van der Waals surface area contributed by atoms with Crippen LogP contribution in [0.4, 0.5) is 0 Å². The second-order valence-electron chi connectivity index (χ2n) is 4.85. The van der Waals surface area contributed by atoms with Crippen molar-refractivity contribution in [3.63, 3.8) is 0 Å². The third kappa shape index (κ3) is 2.83. The summed E-state index contributed by atoms with van der Waals surface area (Å²) in [4.78, 5) is 15.7. The summed E-state index contributed by atoms with van der Waals surface area (Å²) in [7, 11) is 1.60. The summed E-state index contributed by atoms with van der Waals surface area (Å²) >= 11 is 12.1. The minimum absolute atomic E-state index is 0.0357. The van der Waals surface area contributed by atoms with Crippen LogP contribution in [0.15, 0.2) is 30.5 Å². The Morgan fingerprint density at radius 1 is 1.26 bits per heavy atom. The second kappa shape index (κ2) is 6.06. The lowest BCUT2D eigenvalue weighted by Crippen LogP contribution is -2.15. The number of nitrogens with two attached hydrogens (primary N) is 1. The zero-order valence-electron chi connectivity index (χ0n) is 12.1. The van der Waals surface area contributed by atoms with Crippen LogP contribution in [-0.4, -0.2) is 27.8 Å². The Morgan fingerprint density at radius 3 is 2.57 bits per heavy atom. The van der Waals surface area contributed by atoms with Gasteiger partial charge >= 0.3 is 0 Å². The molecule has 23 heavy (non-hydrogen) atoms. The molecule has 8 heteroatoms. The van der Waals surface area contributed by atoms with Crippen LogP contribution >= 0.6 is 23.2 Å². The summed E-state index contributed by atoms with van der Waals surface area (Å²) < 4.78 is 6.75. The molecule has 6 nitrogen and oxygen atoms in total. The van der Waals surface area contributed by atoms with E-state index in [1.165, 1.54) is 6.20 Å². The number of fused-ring (bicyclic) bond motifs is 1. The number of carbonyl (C=O) groups is 1. The van der Waals surface area contributed by atoms with E-state index in [-0.39, 0.29) is 15.9 Å². The summed E-state index contributed by atoms with van der Waals surface area (Å²) in [5.74, 6) is 0.0767. The third-order valence-electron chi connectivity index (χ3n) is 3.44. The van der Waals surface area contributed by atoms with Crippen LogP contribution in [-0.2, 0) is 6.54 Å². The number of hydrogen-bond acceptors (Lipinski definition) is 4. The van der Waals surface area contributed by atoms with Gasteiger partial charge in [0.15, 0.2) is 0 Å². The van der Waals surface area contributed by atoms with Crippen molar-refractivity contribution in [1.29, 1.82) is 0 Å². The third-order valence-corrected chi connectivity index (χ3v) is 4.00. The Kier molecular flexibility index (Phi) is 4.11. The van der Waals surface area contributed by atoms with Gasteiger partial charge in [0.05, 0.1) is 30.8 Å². The molecule has 2 heterocycles. The van der Waals surface area contributed by atoms with Gasteiger partial charge in [-0.3, -0.25) is 9.48 Å². The van der Waals surface area contributed by atoms with Crippen molar-refractivity contribution in [2.75, 3.05) is 7.11 Å². The van der Waals surface area contributed by atoms with Crippen LogP contribution in [0.5, 0.6) is 5.75 Å². The number of benzene rings is 1. The zero-order valence-corrected chi connectivity index (χ0v) is 13.6. The number of hydrogen-bond donors (Lipinski definition) is 1. The van der Waals surface area contributed by atoms with Gasteiger partial charge in [0, 0.05) is 0 Å². The van der Waals surface area contributed by atoms with E-state index in [1.807, 2.05) is 24.3 Å². The standard InChI is InChI=1S/C15H12Cl2N4O2/c1-23-9-4-2-8(3-5-9)7-21-12-10(6-19-21)13(16)20-14(17)11(12)15(18)22/h2-6H,7H2,1H3,(H2,18,22). The Hall–Kier alpha value is -2.31. The Morgan fingerprint density at radius 2 is 1.96 bits per heavy atom. The molecule has 118 valence electrons. The molecule has 0 saturated carbocycles. The van der Waals surface area contributed by atoms with E-state index in [2.05, 4.69) is 10.1 Å². The first-order chi connectivity index (χ1) is 11.0. The average molecular weight is 351 g/mol. The molecule has 3 rings (SSSR count). The van der Waals surface area contributed by atoms with Crippen LogP contribution in [0.1, 0.15) is 15.9 Å². The maximum Gasteiger partial charge on any atom is 0.254 e. The van der Waals surface area contributed by atoms with E-state index in [1.54, 1.807) is 11.8 Å². The summed E-state index contributed by atoms with van der Waals surface area (Å²) in [6, 6.07) is 7.50. The average Bonchev–Trinajstić information content (AvgIpc) is 2.92. The molecule has 0 radical (unpaired) electrons. The number of ether oxygens (including phenoxy) is 1. The van der Waals surface area contributed by atoms with Gasteiger partial charge in [-0.2, -0.15) is 5.10 Å². The molecule has 1 amide bonds. The minimum Gasteiger partial charge on any atom is -0.497 e. The van der Waals surface area contributed by atoms with Crippen molar-refractivity contribution in [3.8, 4) is 5.75 Å². The van der Waals surface area contributed by atoms with Crippen molar-refractivity contribution < 1.29 is 9.53 Å². The van der Waals surface area contributed by atoms with Gasteiger partial charge in [-0.25, -0.2) is 4.98 Å². The predicted octanol–water partition coefficient (Wildman–Crippen LogP) is 2.89. The van der Waals surface area contributed by atoms with Crippen LogP contribution in [0.3, 0.4) is 0 Å². The van der Waals surface area contributed by atoms with E-state index in [0.29, 0.717) is 17.4 Å². The van der Waals surface area contributed by atoms with Gasteiger partial charge in [0.25, 0.3) is 5.91 Å². The predicted molar refractivity (Wildman–Crippen MR) is 88.2 cm³/mol. The SMILES string of the molecule is COc1ccc(Cn2ncc3c(Cl)nc(Cl)c(C(N)=O)c32)cc1. The number of methoxy groups -OCH3 is 1. The molecular weight excluding hydrogens is 339 g/mol. The lowest BCUT2D eigenvalue weighted by Gasteiger charge is -2.09. The molecule has 0 atom stereocenters. The number of carbonyl (C=O) groups excluding carboxylic acids is 1. The van der Waals surface area contributed by atoms with Gasteiger partial charge in [-0.1, -0.05) is 35.3 Å². The van der Waals surface area contributed by atoms with Gasteiger partial charge in [-0.15, -0.1) is 0 Å². The largest absolute Gasteiger partial charge is 0.497 e. The van der Waals surface area contributed by atoms with Crippen molar-refractivity contribution in [2.45, 2.75) is 6.54 Å². The van der Waals surface area contributed by atoms with E-state index in [9.17, 15) is 4.79 Å². The molecule has 0 unspecified atom stereocenters. The molecule has 0 spiro atoms. The number of halogens is 2. The van der Waals surface area contributed by atoms with Gasteiger partial charge in [0.1, 0.15) is 21.6 Å². The number of aromatic nitrogens is 3. The highest BCUT2D eigenvalue weighted by molar-refractivity contribution is 6.38. The van der Waals surface area contributed by atoms with Crippen molar-refractivity contribution >= 4 is 40.0 Å². The molecule has 1 aromatic carbocycles. The molecule has 0 aliphatic heterocycles. The number of primary amides is 1. The van der Waals surface area contributed by atoms with Crippen LogP contribution in [0, 0.1) is 0 Å². The number of nitrogens with zero attached hydrogens (tertiary/aromatic N) is 3. The lowest BCUT2D eigenvalue weighted by molar-refractivity contribution is 0.100. The summed E-state index contributed by atoms with van der Waals surface area (Å²) in [6.07, 6.45) is 1.54. The first kappa shape index (κ1) is 15.6. The highest BCUT2D eigenvalue weighted by atomic mass is 35.5. The van der Waals surface area contributed by atoms with E-state index >= 15 is 0 Å². The van der Waals surface area contributed by atoms with E-state index in [4.69, 9.17) is 33.7 Å². The number of amides is 1. The Bertz CT molecular complexity index is 891. The summed E-state index contributed by atoms with van der Waals surface area (Å²) in [5, 5.41) is 4.94. The molecule has 3 aromatic rings. The maximum atomic E-state index is 11.7. The molecule has 2 N–H and O–H groups in total. The lowest BCUT2D eigenvalue weighted by atomic mass is 10.2. The van der Waals surface area contributed by atoms with Gasteiger partial charge in [0.2, 0.25) is 0 Å². The monoisotopic (exact) mass is 350 g/mol. The highest BCUT2D eigenvalue weighted by Gasteiger charge is 2.20. The Labute approximate surface area is 141 Å². The zero-order chi connectivity index (χ0) is 16.6. The summed E-state index contributed by atoms with van der Waals surface area (Å²) in [5.41, 5.74) is 6.97. The van der Waals surface area contributed by atoms with E-state index < -0.39 is 5.91 Å². The van der Waals surface area contributed by atoms with Crippen LogP contribution in [0.2, 0.25) is 10.3 Å². The first-order valence-corrected chi connectivity index (χ1v) is 7.40. The topological polar surface area (TPSA) is 83.0 Å². The smallest absolute Gasteiger partial charge is 0.254 e. The molecule has 0 saturated heterocycles. The fourth-order valence-electron chi connectivity index (χ4n) is 2.34. The second-order valence-corrected chi connectivity index (χ2v) is 5.56. The van der Waals surface area contributed by atoms with Gasteiger partial charge < -0.3 is 10.5 Å². The molecule has 0 bridgehead atoms. The fourth-order valence-corrected chi connectivity index (χ4v) is 2.88. The maximum absolute atomic E-state index is 11.7. The molecule has 2 aromatic heterocycles. The van der Waals surface area contributed by atoms with Gasteiger partial charge in [-0.05, 0) is 17.7 Å². The molecule has 0 fully saturated rings. The number of pyridine rings is 1. The Balaban J connectivity index is 2.12.